The summed E-state index contributed by atoms with van der Waals surface area (Å²) >= 11 is 0. The number of ether oxygens (including phenoxy) is 5. The van der Waals surface area contributed by atoms with Gasteiger partial charge in [0.1, 0.15) is 24.6 Å². The Labute approximate surface area is 227 Å². The zero-order chi connectivity index (χ0) is 26.7. The second kappa shape index (κ2) is 11.0. The van der Waals surface area contributed by atoms with Crippen molar-refractivity contribution in [1.82, 2.24) is 0 Å². The molecular weight excluding hydrogens is 496 g/mol. The fourth-order valence-corrected chi connectivity index (χ4v) is 5.58. The maximum atomic E-state index is 13.1. The van der Waals surface area contributed by atoms with Crippen molar-refractivity contribution in [3.8, 4) is 16.9 Å². The van der Waals surface area contributed by atoms with Gasteiger partial charge < -0.3 is 23.7 Å². The number of esters is 2. The molecular formula is C32H30O7. The Morgan fingerprint density at radius 2 is 1.56 bits per heavy atom. The van der Waals surface area contributed by atoms with E-state index in [4.69, 9.17) is 23.7 Å². The minimum absolute atomic E-state index is 0.0829. The van der Waals surface area contributed by atoms with Crippen LogP contribution in [0.15, 0.2) is 97.1 Å². The molecule has 1 saturated carbocycles. The van der Waals surface area contributed by atoms with Crippen LogP contribution < -0.4 is 4.74 Å². The highest BCUT2D eigenvalue weighted by atomic mass is 16.8. The Hall–Kier alpha value is -3.94. The lowest BCUT2D eigenvalue weighted by Gasteiger charge is -2.26. The topological polar surface area (TPSA) is 80.3 Å². The van der Waals surface area contributed by atoms with E-state index in [1.807, 2.05) is 84.9 Å². The van der Waals surface area contributed by atoms with Crippen molar-refractivity contribution in [3.63, 3.8) is 0 Å². The molecule has 1 aliphatic carbocycles. The van der Waals surface area contributed by atoms with Crippen LogP contribution in [-0.2, 0) is 23.7 Å². The van der Waals surface area contributed by atoms with Crippen LogP contribution in [0.4, 0.5) is 0 Å². The average Bonchev–Trinajstić information content (AvgIpc) is 3.67. The van der Waals surface area contributed by atoms with Gasteiger partial charge in [0.2, 0.25) is 5.79 Å². The molecule has 39 heavy (non-hydrogen) atoms. The fourth-order valence-electron chi connectivity index (χ4n) is 5.58. The number of para-hydroxylation sites is 1. The highest BCUT2D eigenvalue weighted by Crippen LogP contribution is 2.44. The maximum Gasteiger partial charge on any atom is 0.338 e. The molecule has 0 radical (unpaired) electrons. The minimum atomic E-state index is -1.06. The molecule has 3 fully saturated rings. The molecule has 200 valence electrons. The Kier molecular flexibility index (Phi) is 7.18. The van der Waals surface area contributed by atoms with Gasteiger partial charge in [0.05, 0.1) is 25.2 Å². The van der Waals surface area contributed by atoms with E-state index < -0.39 is 17.9 Å². The molecule has 0 bridgehead atoms. The number of benzene rings is 3. The largest absolute Gasteiger partial charge is 0.488 e. The Bertz CT molecular complexity index is 1310. The Morgan fingerprint density at radius 1 is 0.897 bits per heavy atom. The summed E-state index contributed by atoms with van der Waals surface area (Å²) in [6.45, 7) is 1.05. The fraction of sp³-hybridized carbons (Fsp3) is 0.312. The maximum absolute atomic E-state index is 13.1. The first kappa shape index (κ1) is 25.3. The molecule has 2 saturated heterocycles. The summed E-state index contributed by atoms with van der Waals surface area (Å²) < 4.78 is 29.4. The van der Waals surface area contributed by atoms with Crippen molar-refractivity contribution in [2.75, 3.05) is 19.8 Å². The van der Waals surface area contributed by atoms with Crippen molar-refractivity contribution < 1.29 is 33.3 Å². The lowest BCUT2D eigenvalue weighted by Crippen LogP contribution is -2.36. The quantitative estimate of drug-likeness (QED) is 0.295. The molecule has 4 atom stereocenters. The first-order chi connectivity index (χ1) is 19.1. The first-order valence-corrected chi connectivity index (χ1v) is 13.3. The number of hydrogen-bond donors (Lipinski definition) is 0. The van der Waals surface area contributed by atoms with Crippen molar-refractivity contribution in [2.45, 2.75) is 30.8 Å². The lowest BCUT2D eigenvalue weighted by atomic mass is 9.91. The molecule has 3 aromatic carbocycles. The summed E-state index contributed by atoms with van der Waals surface area (Å²) in [6.07, 6.45) is 3.80. The second-order valence-corrected chi connectivity index (χ2v) is 10.1. The van der Waals surface area contributed by atoms with Gasteiger partial charge in [-0.25, -0.2) is 4.79 Å². The van der Waals surface area contributed by atoms with Crippen LogP contribution in [0.3, 0.4) is 0 Å². The van der Waals surface area contributed by atoms with Crippen LogP contribution in [0.2, 0.25) is 0 Å². The molecule has 7 heteroatoms. The first-order valence-electron chi connectivity index (χ1n) is 13.3. The highest BCUT2D eigenvalue weighted by Gasteiger charge is 2.51. The molecule has 3 aliphatic rings. The molecule has 7 nitrogen and oxygen atoms in total. The minimum Gasteiger partial charge on any atom is -0.488 e. The number of rotatable bonds is 8. The molecule has 0 spiro atoms. The van der Waals surface area contributed by atoms with Gasteiger partial charge in [-0.1, -0.05) is 66.7 Å². The van der Waals surface area contributed by atoms with E-state index in [0.717, 1.165) is 11.1 Å². The third-order valence-corrected chi connectivity index (χ3v) is 7.57. The van der Waals surface area contributed by atoms with Crippen molar-refractivity contribution in [3.05, 3.63) is 103 Å². The standard InChI is InChI=1S/C32H30O7/c33-30-19-27-26(15-16-32(36-17-18-37-32)21-35-25-9-5-2-6-10-25)28(20-29(27)38-30)39-31(34)24-13-11-23(12-14-24)22-7-3-1-4-8-22/h1-16,26-29H,17-21H2/b16-15+. The second-order valence-electron chi connectivity index (χ2n) is 10.1. The predicted octanol–water partition coefficient (Wildman–Crippen LogP) is 5.21. The van der Waals surface area contributed by atoms with Crippen LogP contribution in [0.1, 0.15) is 23.2 Å². The molecule has 2 aliphatic heterocycles. The summed E-state index contributed by atoms with van der Waals surface area (Å²) in [6, 6.07) is 26.8. The van der Waals surface area contributed by atoms with Crippen molar-refractivity contribution in [2.24, 2.45) is 11.8 Å². The van der Waals surface area contributed by atoms with Crippen molar-refractivity contribution in [1.29, 1.82) is 0 Å². The number of hydrogen-bond acceptors (Lipinski definition) is 7. The Morgan fingerprint density at radius 3 is 2.28 bits per heavy atom. The van der Waals surface area contributed by atoms with Gasteiger partial charge in [-0.15, -0.1) is 0 Å². The SMILES string of the molecule is O=C1CC2C(CC(OC(=O)c3ccc(-c4ccccc4)cc3)C2/C=C/C2(COc3ccccc3)OCCO2)O1. The summed E-state index contributed by atoms with van der Waals surface area (Å²) in [7, 11) is 0. The summed E-state index contributed by atoms with van der Waals surface area (Å²) in [5.74, 6) is -1.28. The predicted molar refractivity (Wildman–Crippen MR) is 143 cm³/mol. The molecule has 4 unspecified atom stereocenters. The van der Waals surface area contributed by atoms with E-state index >= 15 is 0 Å². The average molecular weight is 527 g/mol. The molecule has 0 amide bonds. The summed E-state index contributed by atoms with van der Waals surface area (Å²) in [5, 5.41) is 0. The van der Waals surface area contributed by atoms with E-state index in [0.29, 0.717) is 30.9 Å². The summed E-state index contributed by atoms with van der Waals surface area (Å²) in [4.78, 5) is 25.2. The van der Waals surface area contributed by atoms with E-state index in [1.54, 1.807) is 12.1 Å². The third kappa shape index (κ3) is 5.60. The van der Waals surface area contributed by atoms with E-state index in [9.17, 15) is 9.59 Å². The zero-order valence-electron chi connectivity index (χ0n) is 21.4. The van der Waals surface area contributed by atoms with Gasteiger partial charge >= 0.3 is 11.9 Å². The smallest absolute Gasteiger partial charge is 0.338 e. The molecule has 0 aromatic heterocycles. The molecule has 3 aromatic rings. The third-order valence-electron chi connectivity index (χ3n) is 7.57. The lowest BCUT2D eigenvalue weighted by molar-refractivity contribution is -0.141. The van der Waals surface area contributed by atoms with Crippen LogP contribution in [-0.4, -0.2) is 49.8 Å². The van der Waals surface area contributed by atoms with Crippen LogP contribution in [0.25, 0.3) is 11.1 Å². The van der Waals surface area contributed by atoms with Gasteiger partial charge in [-0.05, 0) is 41.5 Å². The Balaban J connectivity index is 1.17. The molecule has 6 rings (SSSR count). The number of fused-ring (bicyclic) bond motifs is 1. The monoisotopic (exact) mass is 526 g/mol. The van der Waals surface area contributed by atoms with Gasteiger partial charge in [0.25, 0.3) is 0 Å². The van der Waals surface area contributed by atoms with Gasteiger partial charge in [-0.3, -0.25) is 4.79 Å². The van der Waals surface area contributed by atoms with Gasteiger partial charge in [0.15, 0.2) is 0 Å². The van der Waals surface area contributed by atoms with Gasteiger partial charge in [0, 0.05) is 18.3 Å². The molecule has 2 heterocycles. The molecule has 0 N–H and O–H groups in total. The zero-order valence-corrected chi connectivity index (χ0v) is 21.4. The van der Waals surface area contributed by atoms with Crippen molar-refractivity contribution >= 4 is 11.9 Å². The van der Waals surface area contributed by atoms with E-state index in [1.165, 1.54) is 0 Å². The van der Waals surface area contributed by atoms with Gasteiger partial charge in [-0.2, -0.15) is 0 Å². The number of carbonyl (C=O) groups excluding carboxylic acids is 2. The summed E-state index contributed by atoms with van der Waals surface area (Å²) in [5.41, 5.74) is 2.58. The van der Waals surface area contributed by atoms with Crippen LogP contribution in [0, 0.1) is 11.8 Å². The van der Waals surface area contributed by atoms with Crippen LogP contribution in [0.5, 0.6) is 5.75 Å². The van der Waals surface area contributed by atoms with E-state index in [2.05, 4.69) is 0 Å². The normalized spacial score (nSPS) is 25.4. The number of carbonyl (C=O) groups is 2. The highest BCUT2D eigenvalue weighted by molar-refractivity contribution is 5.90. The van der Waals surface area contributed by atoms with Crippen LogP contribution >= 0.6 is 0 Å². The van der Waals surface area contributed by atoms with E-state index in [-0.39, 0.29) is 36.9 Å².